The van der Waals surface area contributed by atoms with Crippen LogP contribution >= 0.6 is 39.1 Å². The lowest BCUT2D eigenvalue weighted by molar-refractivity contribution is 0.465. The van der Waals surface area contributed by atoms with Gasteiger partial charge in [0.05, 0.1) is 9.50 Å². The van der Waals surface area contributed by atoms with Crippen LogP contribution in [0.25, 0.3) is 0 Å². The van der Waals surface area contributed by atoms with Crippen LogP contribution in [-0.4, -0.2) is 6.04 Å². The van der Waals surface area contributed by atoms with Gasteiger partial charge in [-0.2, -0.15) is 0 Å². The third-order valence-corrected chi connectivity index (χ3v) is 4.06. The summed E-state index contributed by atoms with van der Waals surface area (Å²) in [5.74, 6) is 0.318. The molecular formula is C15H13BrCl2FNO. The van der Waals surface area contributed by atoms with Gasteiger partial charge in [0.2, 0.25) is 0 Å². The fourth-order valence-electron chi connectivity index (χ4n) is 1.86. The van der Waals surface area contributed by atoms with Crippen LogP contribution in [0.15, 0.2) is 34.8 Å². The maximum absolute atomic E-state index is 13.6. The third-order valence-electron chi connectivity index (χ3n) is 2.80. The van der Waals surface area contributed by atoms with E-state index in [2.05, 4.69) is 15.9 Å². The Balaban J connectivity index is 2.40. The molecule has 0 aliphatic rings. The lowest BCUT2D eigenvalue weighted by atomic mass is 10.1. The van der Waals surface area contributed by atoms with Gasteiger partial charge in [0.15, 0.2) is 0 Å². The van der Waals surface area contributed by atoms with E-state index in [1.54, 1.807) is 18.2 Å². The first-order chi connectivity index (χ1) is 9.88. The van der Waals surface area contributed by atoms with Crippen LogP contribution in [0.4, 0.5) is 4.39 Å². The molecule has 6 heteroatoms. The van der Waals surface area contributed by atoms with Crippen molar-refractivity contribution in [3.05, 3.63) is 56.2 Å². The van der Waals surface area contributed by atoms with Crippen LogP contribution < -0.4 is 10.5 Å². The number of halogens is 4. The first kappa shape index (κ1) is 16.6. The Labute approximate surface area is 141 Å². The van der Waals surface area contributed by atoms with E-state index in [0.717, 1.165) is 5.56 Å². The standard InChI is InChI=1S/C15H13BrCl2FNO/c1-8(20)5-9-11(17)3-2-4-14(9)21-15-7-13(19)12(18)6-10(15)16/h2-4,6-8H,5,20H2,1H3. The Bertz CT molecular complexity index is 664. The molecule has 1 unspecified atom stereocenters. The zero-order chi connectivity index (χ0) is 15.6. The van der Waals surface area contributed by atoms with Crippen LogP contribution in [0.2, 0.25) is 10.0 Å². The number of nitrogens with two attached hydrogens (primary N) is 1. The minimum atomic E-state index is -0.550. The van der Waals surface area contributed by atoms with Gasteiger partial charge in [0, 0.05) is 22.7 Å². The largest absolute Gasteiger partial charge is 0.456 e. The summed E-state index contributed by atoms with van der Waals surface area (Å²) in [6.45, 7) is 1.88. The minimum Gasteiger partial charge on any atom is -0.456 e. The fraction of sp³-hybridized carbons (Fsp3) is 0.200. The Kier molecular flexibility index (Phi) is 5.49. The summed E-state index contributed by atoms with van der Waals surface area (Å²) < 4.78 is 19.9. The molecular weight excluding hydrogens is 380 g/mol. The van der Waals surface area contributed by atoms with E-state index >= 15 is 0 Å². The van der Waals surface area contributed by atoms with Gasteiger partial charge < -0.3 is 10.5 Å². The van der Waals surface area contributed by atoms with Crippen molar-refractivity contribution >= 4 is 39.1 Å². The third kappa shape index (κ3) is 4.10. The SMILES string of the molecule is CC(N)Cc1c(Cl)cccc1Oc1cc(F)c(Cl)cc1Br. The molecule has 2 N–H and O–H groups in total. The number of hydrogen-bond donors (Lipinski definition) is 1. The molecule has 0 saturated heterocycles. The Morgan fingerprint density at radius 3 is 2.62 bits per heavy atom. The van der Waals surface area contributed by atoms with Crippen molar-refractivity contribution in [2.24, 2.45) is 5.73 Å². The number of benzene rings is 2. The molecule has 0 fully saturated rings. The monoisotopic (exact) mass is 391 g/mol. The van der Waals surface area contributed by atoms with Crippen LogP contribution in [0, 0.1) is 5.82 Å². The summed E-state index contributed by atoms with van der Waals surface area (Å²) in [6.07, 6.45) is 0.558. The van der Waals surface area contributed by atoms with Crippen LogP contribution in [-0.2, 0) is 6.42 Å². The fourth-order valence-corrected chi connectivity index (χ4v) is 2.82. The number of ether oxygens (including phenoxy) is 1. The van der Waals surface area contributed by atoms with Crippen molar-refractivity contribution in [3.8, 4) is 11.5 Å². The molecule has 2 aromatic rings. The second-order valence-corrected chi connectivity index (χ2v) is 6.37. The number of hydrogen-bond acceptors (Lipinski definition) is 2. The van der Waals surface area contributed by atoms with E-state index in [4.69, 9.17) is 33.7 Å². The van der Waals surface area contributed by atoms with Crippen molar-refractivity contribution in [2.45, 2.75) is 19.4 Å². The average molecular weight is 393 g/mol. The number of rotatable bonds is 4. The molecule has 21 heavy (non-hydrogen) atoms. The van der Waals surface area contributed by atoms with E-state index in [9.17, 15) is 4.39 Å². The normalized spacial score (nSPS) is 12.3. The second kappa shape index (κ2) is 6.97. The second-order valence-electron chi connectivity index (χ2n) is 4.70. The van der Waals surface area contributed by atoms with Crippen LogP contribution in [0.3, 0.4) is 0 Å². The molecule has 0 amide bonds. The molecule has 0 aliphatic heterocycles. The van der Waals surface area contributed by atoms with Crippen molar-refractivity contribution in [1.82, 2.24) is 0 Å². The topological polar surface area (TPSA) is 35.2 Å². The van der Waals surface area contributed by atoms with Crippen molar-refractivity contribution in [2.75, 3.05) is 0 Å². The van der Waals surface area contributed by atoms with Crippen molar-refractivity contribution in [1.29, 1.82) is 0 Å². The highest BCUT2D eigenvalue weighted by molar-refractivity contribution is 9.10. The van der Waals surface area contributed by atoms with Gasteiger partial charge in [-0.1, -0.05) is 29.3 Å². The first-order valence-corrected chi connectivity index (χ1v) is 7.78. The maximum Gasteiger partial charge on any atom is 0.145 e. The van der Waals surface area contributed by atoms with E-state index in [1.807, 2.05) is 6.92 Å². The summed E-state index contributed by atoms with van der Waals surface area (Å²) in [7, 11) is 0. The smallest absolute Gasteiger partial charge is 0.145 e. The van der Waals surface area contributed by atoms with Gasteiger partial charge in [-0.25, -0.2) is 4.39 Å². The zero-order valence-electron chi connectivity index (χ0n) is 11.2. The maximum atomic E-state index is 13.6. The first-order valence-electron chi connectivity index (χ1n) is 6.24. The van der Waals surface area contributed by atoms with Crippen LogP contribution in [0.1, 0.15) is 12.5 Å². The molecule has 0 aliphatic carbocycles. The summed E-state index contributed by atoms with van der Waals surface area (Å²) in [5.41, 5.74) is 6.62. The molecule has 2 aromatic carbocycles. The van der Waals surface area contributed by atoms with E-state index in [0.29, 0.717) is 27.4 Å². The van der Waals surface area contributed by atoms with Gasteiger partial charge >= 0.3 is 0 Å². The van der Waals surface area contributed by atoms with Gasteiger partial charge in [-0.15, -0.1) is 0 Å². The molecule has 2 nitrogen and oxygen atoms in total. The van der Waals surface area contributed by atoms with E-state index in [-0.39, 0.29) is 11.1 Å². The van der Waals surface area contributed by atoms with E-state index in [1.165, 1.54) is 12.1 Å². The molecule has 2 rings (SSSR count). The van der Waals surface area contributed by atoms with Gasteiger partial charge in [0.1, 0.15) is 17.3 Å². The summed E-state index contributed by atoms with van der Waals surface area (Å²) in [5, 5.41) is 0.589. The molecule has 0 bridgehead atoms. The molecule has 112 valence electrons. The molecule has 0 saturated carbocycles. The predicted octanol–water partition coefficient (Wildman–Crippen LogP) is 5.58. The molecule has 0 aromatic heterocycles. The Hall–Kier alpha value is -0.810. The van der Waals surface area contributed by atoms with Crippen molar-refractivity contribution < 1.29 is 9.13 Å². The molecule has 0 radical (unpaired) electrons. The highest BCUT2D eigenvalue weighted by atomic mass is 79.9. The average Bonchev–Trinajstić information content (AvgIpc) is 2.39. The lowest BCUT2D eigenvalue weighted by Crippen LogP contribution is -2.18. The van der Waals surface area contributed by atoms with Crippen LogP contribution in [0.5, 0.6) is 11.5 Å². The summed E-state index contributed by atoms with van der Waals surface area (Å²) in [4.78, 5) is 0. The summed E-state index contributed by atoms with van der Waals surface area (Å²) in [6, 6.07) is 7.90. The highest BCUT2D eigenvalue weighted by Crippen LogP contribution is 2.36. The van der Waals surface area contributed by atoms with Gasteiger partial charge in [-0.05, 0) is 47.5 Å². The quantitative estimate of drug-likeness (QED) is 0.689. The zero-order valence-corrected chi connectivity index (χ0v) is 14.3. The van der Waals surface area contributed by atoms with Gasteiger partial charge in [-0.3, -0.25) is 0 Å². The Morgan fingerprint density at radius 2 is 1.95 bits per heavy atom. The van der Waals surface area contributed by atoms with E-state index < -0.39 is 5.82 Å². The molecule has 1 atom stereocenters. The summed E-state index contributed by atoms with van der Waals surface area (Å²) >= 11 is 15.2. The van der Waals surface area contributed by atoms with Crippen molar-refractivity contribution in [3.63, 3.8) is 0 Å². The lowest BCUT2D eigenvalue weighted by Gasteiger charge is -2.15. The molecule has 0 heterocycles. The predicted molar refractivity (Wildman–Crippen MR) is 88.0 cm³/mol. The Morgan fingerprint density at radius 1 is 1.24 bits per heavy atom. The minimum absolute atomic E-state index is 0.0242. The molecule has 0 spiro atoms. The van der Waals surface area contributed by atoms with Gasteiger partial charge in [0.25, 0.3) is 0 Å². The highest BCUT2D eigenvalue weighted by Gasteiger charge is 2.14.